The molecular weight excluding hydrogens is 194 g/mol. The van der Waals surface area contributed by atoms with Crippen molar-refractivity contribution in [1.82, 2.24) is 5.32 Å². The van der Waals surface area contributed by atoms with Gasteiger partial charge in [0.2, 0.25) is 0 Å². The van der Waals surface area contributed by atoms with Gasteiger partial charge in [0.05, 0.1) is 12.1 Å². The first-order valence-electron chi connectivity index (χ1n) is 5.16. The standard InChI is InChI=1S/C11H17NOS/c1-3-13-8-11(2)9-5-7-14-10(9)4-6-12-11/h5,7,12H,3-4,6,8H2,1-2H3. The maximum atomic E-state index is 5.54. The Labute approximate surface area is 89.3 Å². The Bertz CT molecular complexity index is 310. The molecule has 78 valence electrons. The third kappa shape index (κ3) is 1.72. The SMILES string of the molecule is CCOCC1(C)NCCc2sccc21. The Morgan fingerprint density at radius 2 is 2.50 bits per heavy atom. The smallest absolute Gasteiger partial charge is 0.0687 e. The van der Waals surface area contributed by atoms with Gasteiger partial charge in [0, 0.05) is 18.0 Å². The van der Waals surface area contributed by atoms with Crippen LogP contribution in [0.15, 0.2) is 11.4 Å². The predicted octanol–water partition coefficient (Wildman–Crippen LogP) is 2.15. The maximum Gasteiger partial charge on any atom is 0.0687 e. The Morgan fingerprint density at radius 3 is 3.29 bits per heavy atom. The van der Waals surface area contributed by atoms with Crippen LogP contribution in [0.25, 0.3) is 0 Å². The summed E-state index contributed by atoms with van der Waals surface area (Å²) in [4.78, 5) is 1.52. The minimum atomic E-state index is 0.0313. The number of hydrogen-bond donors (Lipinski definition) is 1. The number of nitrogens with one attached hydrogen (secondary N) is 1. The van der Waals surface area contributed by atoms with E-state index in [1.165, 1.54) is 10.4 Å². The van der Waals surface area contributed by atoms with Crippen molar-refractivity contribution in [3.63, 3.8) is 0 Å². The molecule has 2 heterocycles. The Hall–Kier alpha value is -0.380. The van der Waals surface area contributed by atoms with Gasteiger partial charge in [0.25, 0.3) is 0 Å². The zero-order valence-electron chi connectivity index (χ0n) is 8.80. The van der Waals surface area contributed by atoms with Crippen LogP contribution in [-0.4, -0.2) is 19.8 Å². The lowest BCUT2D eigenvalue weighted by Crippen LogP contribution is -2.47. The molecule has 1 aliphatic rings. The highest BCUT2D eigenvalue weighted by Crippen LogP contribution is 2.32. The minimum Gasteiger partial charge on any atom is -0.379 e. The molecule has 2 rings (SSSR count). The van der Waals surface area contributed by atoms with Gasteiger partial charge in [-0.05, 0) is 37.3 Å². The molecule has 0 radical (unpaired) electrons. The highest BCUT2D eigenvalue weighted by molar-refractivity contribution is 7.10. The Morgan fingerprint density at radius 1 is 1.64 bits per heavy atom. The van der Waals surface area contributed by atoms with Crippen LogP contribution >= 0.6 is 11.3 Å². The van der Waals surface area contributed by atoms with Crippen LogP contribution in [0.4, 0.5) is 0 Å². The second-order valence-electron chi connectivity index (χ2n) is 3.90. The molecular formula is C11H17NOS. The van der Waals surface area contributed by atoms with E-state index >= 15 is 0 Å². The lowest BCUT2D eigenvalue weighted by Gasteiger charge is -2.35. The van der Waals surface area contributed by atoms with Crippen molar-refractivity contribution in [2.24, 2.45) is 0 Å². The monoisotopic (exact) mass is 211 g/mol. The molecule has 0 fully saturated rings. The molecule has 0 spiro atoms. The number of fused-ring (bicyclic) bond motifs is 1. The molecule has 0 aliphatic carbocycles. The van der Waals surface area contributed by atoms with E-state index in [-0.39, 0.29) is 5.54 Å². The van der Waals surface area contributed by atoms with E-state index in [9.17, 15) is 0 Å². The first-order chi connectivity index (χ1) is 6.76. The number of hydrogen-bond acceptors (Lipinski definition) is 3. The third-order valence-corrected chi connectivity index (χ3v) is 3.78. The van der Waals surface area contributed by atoms with Gasteiger partial charge in [-0.15, -0.1) is 11.3 Å². The first-order valence-corrected chi connectivity index (χ1v) is 6.04. The topological polar surface area (TPSA) is 21.3 Å². The summed E-state index contributed by atoms with van der Waals surface area (Å²) >= 11 is 1.87. The fraction of sp³-hybridized carbons (Fsp3) is 0.636. The van der Waals surface area contributed by atoms with Crippen LogP contribution in [0.1, 0.15) is 24.3 Å². The summed E-state index contributed by atoms with van der Waals surface area (Å²) in [5, 5.41) is 5.74. The molecule has 1 atom stereocenters. The molecule has 0 aromatic carbocycles. The van der Waals surface area contributed by atoms with E-state index in [0.29, 0.717) is 0 Å². The van der Waals surface area contributed by atoms with Crippen molar-refractivity contribution >= 4 is 11.3 Å². The van der Waals surface area contributed by atoms with Crippen molar-refractivity contribution < 1.29 is 4.74 Å². The molecule has 1 aliphatic heterocycles. The van der Waals surface area contributed by atoms with E-state index in [0.717, 1.165) is 26.2 Å². The van der Waals surface area contributed by atoms with Crippen molar-refractivity contribution in [2.75, 3.05) is 19.8 Å². The van der Waals surface area contributed by atoms with E-state index in [4.69, 9.17) is 4.74 Å². The van der Waals surface area contributed by atoms with Crippen LogP contribution < -0.4 is 5.32 Å². The Kier molecular flexibility index (Phi) is 2.91. The van der Waals surface area contributed by atoms with Crippen molar-refractivity contribution in [3.05, 3.63) is 21.9 Å². The molecule has 0 saturated carbocycles. The average molecular weight is 211 g/mol. The summed E-state index contributed by atoms with van der Waals surface area (Å²) in [6.07, 6.45) is 1.16. The summed E-state index contributed by atoms with van der Waals surface area (Å²) in [5.41, 5.74) is 1.46. The van der Waals surface area contributed by atoms with Crippen molar-refractivity contribution in [2.45, 2.75) is 25.8 Å². The fourth-order valence-electron chi connectivity index (χ4n) is 2.01. The van der Waals surface area contributed by atoms with E-state index in [2.05, 4.69) is 23.7 Å². The summed E-state index contributed by atoms with van der Waals surface area (Å²) in [6, 6.07) is 2.23. The largest absolute Gasteiger partial charge is 0.379 e. The molecule has 1 aromatic rings. The molecule has 0 saturated heterocycles. The van der Waals surface area contributed by atoms with Gasteiger partial charge in [-0.1, -0.05) is 0 Å². The second-order valence-corrected chi connectivity index (χ2v) is 4.90. The lowest BCUT2D eigenvalue weighted by atomic mass is 9.89. The molecule has 0 amide bonds. The van der Waals surface area contributed by atoms with Crippen LogP contribution in [0.5, 0.6) is 0 Å². The molecule has 1 unspecified atom stereocenters. The van der Waals surface area contributed by atoms with E-state index in [1.807, 2.05) is 18.3 Å². The van der Waals surface area contributed by atoms with E-state index in [1.54, 1.807) is 0 Å². The Balaban J connectivity index is 2.21. The molecule has 1 N–H and O–H groups in total. The van der Waals surface area contributed by atoms with Gasteiger partial charge in [0.1, 0.15) is 0 Å². The zero-order valence-corrected chi connectivity index (χ0v) is 9.62. The molecule has 2 nitrogen and oxygen atoms in total. The van der Waals surface area contributed by atoms with Gasteiger partial charge >= 0.3 is 0 Å². The van der Waals surface area contributed by atoms with Gasteiger partial charge in [-0.25, -0.2) is 0 Å². The minimum absolute atomic E-state index is 0.0313. The molecule has 3 heteroatoms. The van der Waals surface area contributed by atoms with Gasteiger partial charge in [0.15, 0.2) is 0 Å². The number of rotatable bonds is 3. The van der Waals surface area contributed by atoms with Crippen LogP contribution in [0.2, 0.25) is 0 Å². The average Bonchev–Trinajstić information content (AvgIpc) is 2.65. The highest BCUT2D eigenvalue weighted by Gasteiger charge is 2.32. The summed E-state index contributed by atoms with van der Waals surface area (Å²) in [5.74, 6) is 0. The summed E-state index contributed by atoms with van der Waals surface area (Å²) < 4.78 is 5.54. The summed E-state index contributed by atoms with van der Waals surface area (Å²) in [6.45, 7) is 6.90. The predicted molar refractivity (Wildman–Crippen MR) is 59.9 cm³/mol. The van der Waals surface area contributed by atoms with Gasteiger partial charge < -0.3 is 10.1 Å². The third-order valence-electron chi connectivity index (χ3n) is 2.80. The van der Waals surface area contributed by atoms with Crippen LogP contribution in [-0.2, 0) is 16.7 Å². The maximum absolute atomic E-state index is 5.54. The normalized spacial score (nSPS) is 26.1. The van der Waals surface area contributed by atoms with Crippen molar-refractivity contribution in [1.29, 1.82) is 0 Å². The molecule has 14 heavy (non-hydrogen) atoms. The summed E-state index contributed by atoms with van der Waals surface area (Å²) in [7, 11) is 0. The van der Waals surface area contributed by atoms with E-state index < -0.39 is 0 Å². The zero-order chi connectivity index (χ0) is 10.0. The van der Waals surface area contributed by atoms with Gasteiger partial charge in [-0.2, -0.15) is 0 Å². The lowest BCUT2D eigenvalue weighted by molar-refractivity contribution is 0.0806. The van der Waals surface area contributed by atoms with Gasteiger partial charge in [-0.3, -0.25) is 0 Å². The quantitative estimate of drug-likeness (QED) is 0.827. The van der Waals surface area contributed by atoms with Crippen LogP contribution in [0, 0.1) is 0 Å². The molecule has 0 bridgehead atoms. The van der Waals surface area contributed by atoms with Crippen molar-refractivity contribution in [3.8, 4) is 0 Å². The fourth-order valence-corrected chi connectivity index (χ4v) is 3.02. The number of ether oxygens (including phenoxy) is 1. The second kappa shape index (κ2) is 4.01. The van der Waals surface area contributed by atoms with Crippen LogP contribution in [0.3, 0.4) is 0 Å². The first kappa shape index (κ1) is 10.1. The molecule has 1 aromatic heterocycles. The number of thiophene rings is 1. The highest BCUT2D eigenvalue weighted by atomic mass is 32.1.